The van der Waals surface area contributed by atoms with E-state index in [1.807, 2.05) is 62.4 Å². The van der Waals surface area contributed by atoms with Gasteiger partial charge in [-0.1, -0.05) is 24.3 Å². The fourth-order valence-electron chi connectivity index (χ4n) is 2.64. The van der Waals surface area contributed by atoms with Crippen LogP contribution in [0.2, 0.25) is 0 Å². The van der Waals surface area contributed by atoms with Crippen LogP contribution in [0.5, 0.6) is 0 Å². The first-order valence-corrected chi connectivity index (χ1v) is 7.15. The zero-order valence-corrected chi connectivity index (χ0v) is 12.6. The van der Waals surface area contributed by atoms with E-state index in [-0.39, 0.29) is 0 Å². The van der Waals surface area contributed by atoms with Crippen LogP contribution in [0, 0.1) is 25.2 Å². The summed E-state index contributed by atoms with van der Waals surface area (Å²) in [4.78, 5) is 0. The SMILES string of the molecule is Cc1cc(Nc2cc3ccccc3cc2C#N)cc(C)c1N. The Morgan fingerprint density at radius 1 is 0.955 bits per heavy atom. The van der Waals surface area contributed by atoms with Crippen molar-refractivity contribution in [1.29, 1.82) is 5.26 Å². The van der Waals surface area contributed by atoms with E-state index < -0.39 is 0 Å². The van der Waals surface area contributed by atoms with Gasteiger partial charge in [-0.3, -0.25) is 0 Å². The van der Waals surface area contributed by atoms with Crippen LogP contribution < -0.4 is 11.1 Å². The lowest BCUT2D eigenvalue weighted by molar-refractivity contribution is 1.37. The molecular weight excluding hydrogens is 270 g/mol. The van der Waals surface area contributed by atoms with Crippen molar-refractivity contribution < 1.29 is 0 Å². The van der Waals surface area contributed by atoms with E-state index in [0.29, 0.717) is 5.56 Å². The zero-order valence-electron chi connectivity index (χ0n) is 12.6. The van der Waals surface area contributed by atoms with Crippen LogP contribution in [0.3, 0.4) is 0 Å². The predicted molar refractivity (Wildman–Crippen MR) is 92.3 cm³/mol. The number of rotatable bonds is 2. The maximum absolute atomic E-state index is 9.40. The monoisotopic (exact) mass is 287 g/mol. The molecular formula is C19H17N3. The highest BCUT2D eigenvalue weighted by atomic mass is 14.9. The molecule has 108 valence electrons. The van der Waals surface area contributed by atoms with Crippen LogP contribution in [-0.2, 0) is 0 Å². The molecule has 0 atom stereocenters. The first kappa shape index (κ1) is 14.0. The molecule has 0 aliphatic carbocycles. The molecule has 0 spiro atoms. The molecule has 3 N–H and O–H groups in total. The highest BCUT2D eigenvalue weighted by molar-refractivity contribution is 5.89. The van der Waals surface area contributed by atoms with Crippen LogP contribution in [-0.4, -0.2) is 0 Å². The minimum atomic E-state index is 0.630. The lowest BCUT2D eigenvalue weighted by Crippen LogP contribution is -1.98. The molecule has 3 heteroatoms. The number of hydrogen-bond donors (Lipinski definition) is 2. The second kappa shape index (κ2) is 5.42. The van der Waals surface area contributed by atoms with Gasteiger partial charge in [0.1, 0.15) is 6.07 Å². The summed E-state index contributed by atoms with van der Waals surface area (Å²) < 4.78 is 0. The number of nitriles is 1. The van der Waals surface area contributed by atoms with Gasteiger partial charge < -0.3 is 11.1 Å². The summed E-state index contributed by atoms with van der Waals surface area (Å²) >= 11 is 0. The average molecular weight is 287 g/mol. The fourth-order valence-corrected chi connectivity index (χ4v) is 2.64. The third kappa shape index (κ3) is 2.47. The molecule has 3 aromatic carbocycles. The number of aryl methyl sites for hydroxylation is 2. The van der Waals surface area contributed by atoms with Gasteiger partial charge in [0.15, 0.2) is 0 Å². The Labute approximate surface area is 130 Å². The minimum absolute atomic E-state index is 0.630. The molecule has 0 bridgehead atoms. The summed E-state index contributed by atoms with van der Waals surface area (Å²) in [5.74, 6) is 0. The Morgan fingerprint density at radius 2 is 1.55 bits per heavy atom. The third-order valence-corrected chi connectivity index (χ3v) is 3.88. The van der Waals surface area contributed by atoms with Gasteiger partial charge in [0.05, 0.1) is 11.3 Å². The van der Waals surface area contributed by atoms with Gasteiger partial charge in [-0.25, -0.2) is 0 Å². The molecule has 0 unspecified atom stereocenters. The average Bonchev–Trinajstić information content (AvgIpc) is 2.52. The van der Waals surface area contributed by atoms with E-state index in [1.54, 1.807) is 0 Å². The first-order valence-electron chi connectivity index (χ1n) is 7.15. The molecule has 3 aromatic rings. The second-order valence-corrected chi connectivity index (χ2v) is 5.51. The molecule has 22 heavy (non-hydrogen) atoms. The van der Waals surface area contributed by atoms with Gasteiger partial charge >= 0.3 is 0 Å². The van der Waals surface area contributed by atoms with Gasteiger partial charge in [-0.05, 0) is 60.0 Å². The summed E-state index contributed by atoms with van der Waals surface area (Å²) in [6.45, 7) is 3.97. The molecule has 0 radical (unpaired) electrons. The summed E-state index contributed by atoms with van der Waals surface area (Å²) in [6, 6.07) is 18.2. The highest BCUT2D eigenvalue weighted by Crippen LogP contribution is 2.29. The normalized spacial score (nSPS) is 10.4. The van der Waals surface area contributed by atoms with Crippen molar-refractivity contribution in [2.45, 2.75) is 13.8 Å². The maximum Gasteiger partial charge on any atom is 0.101 e. The molecule has 3 nitrogen and oxygen atoms in total. The molecule has 3 rings (SSSR count). The van der Waals surface area contributed by atoms with Crippen LogP contribution in [0.4, 0.5) is 17.1 Å². The number of nitrogens with two attached hydrogens (primary N) is 1. The summed E-state index contributed by atoms with van der Waals surface area (Å²) in [6.07, 6.45) is 0. The first-order chi connectivity index (χ1) is 10.6. The van der Waals surface area contributed by atoms with Crippen molar-refractivity contribution >= 4 is 27.8 Å². The summed E-state index contributed by atoms with van der Waals surface area (Å²) in [7, 11) is 0. The van der Waals surface area contributed by atoms with Gasteiger partial charge in [0.2, 0.25) is 0 Å². The molecule has 0 aliphatic heterocycles. The van der Waals surface area contributed by atoms with E-state index in [0.717, 1.165) is 39.0 Å². The molecule has 0 heterocycles. The Morgan fingerprint density at radius 3 is 2.14 bits per heavy atom. The van der Waals surface area contributed by atoms with Crippen LogP contribution >= 0.6 is 0 Å². The Bertz CT molecular complexity index is 881. The van der Waals surface area contributed by atoms with Crippen LogP contribution in [0.15, 0.2) is 48.5 Å². The molecule has 0 aliphatic rings. The molecule has 0 aromatic heterocycles. The number of benzene rings is 3. The number of nitrogens with one attached hydrogen (secondary N) is 1. The quantitative estimate of drug-likeness (QED) is 0.674. The lowest BCUT2D eigenvalue weighted by atomic mass is 10.0. The number of nitrogens with zero attached hydrogens (tertiary/aromatic N) is 1. The Hall–Kier alpha value is -2.99. The van der Waals surface area contributed by atoms with Crippen LogP contribution in [0.1, 0.15) is 16.7 Å². The van der Waals surface area contributed by atoms with E-state index >= 15 is 0 Å². The van der Waals surface area contributed by atoms with Crippen molar-refractivity contribution in [1.82, 2.24) is 0 Å². The summed E-state index contributed by atoms with van der Waals surface area (Å²) in [5.41, 5.74) is 11.2. The van der Waals surface area contributed by atoms with Crippen LogP contribution in [0.25, 0.3) is 10.8 Å². The second-order valence-electron chi connectivity index (χ2n) is 5.51. The Balaban J connectivity index is 2.09. The zero-order chi connectivity index (χ0) is 15.7. The van der Waals surface area contributed by atoms with E-state index in [9.17, 15) is 5.26 Å². The third-order valence-electron chi connectivity index (χ3n) is 3.88. The van der Waals surface area contributed by atoms with Crippen molar-refractivity contribution in [2.75, 3.05) is 11.1 Å². The number of fused-ring (bicyclic) bond motifs is 1. The van der Waals surface area contributed by atoms with Gasteiger partial charge in [0.25, 0.3) is 0 Å². The van der Waals surface area contributed by atoms with Crippen molar-refractivity contribution in [3.05, 3.63) is 65.2 Å². The maximum atomic E-state index is 9.40. The van der Waals surface area contributed by atoms with Crippen molar-refractivity contribution in [3.63, 3.8) is 0 Å². The van der Waals surface area contributed by atoms with Gasteiger partial charge in [-0.2, -0.15) is 5.26 Å². The minimum Gasteiger partial charge on any atom is -0.398 e. The Kier molecular flexibility index (Phi) is 3.44. The lowest BCUT2D eigenvalue weighted by Gasteiger charge is -2.13. The van der Waals surface area contributed by atoms with Crippen molar-refractivity contribution in [2.24, 2.45) is 0 Å². The summed E-state index contributed by atoms with van der Waals surface area (Å²) in [5, 5.41) is 14.9. The number of nitrogen functional groups attached to an aromatic ring is 1. The smallest absolute Gasteiger partial charge is 0.101 e. The molecule has 0 saturated heterocycles. The number of anilines is 3. The molecule has 0 saturated carbocycles. The van der Waals surface area contributed by atoms with Gasteiger partial charge in [-0.15, -0.1) is 0 Å². The largest absolute Gasteiger partial charge is 0.398 e. The van der Waals surface area contributed by atoms with E-state index in [4.69, 9.17) is 5.73 Å². The molecule has 0 fully saturated rings. The highest BCUT2D eigenvalue weighted by Gasteiger charge is 2.07. The predicted octanol–water partition coefficient (Wildman–Crippen LogP) is 4.65. The van der Waals surface area contributed by atoms with Crippen molar-refractivity contribution in [3.8, 4) is 6.07 Å². The van der Waals surface area contributed by atoms with Gasteiger partial charge in [0, 0.05) is 11.4 Å². The molecule has 0 amide bonds. The van der Waals surface area contributed by atoms with E-state index in [2.05, 4.69) is 11.4 Å². The topological polar surface area (TPSA) is 61.8 Å². The fraction of sp³-hybridized carbons (Fsp3) is 0.105. The number of hydrogen-bond acceptors (Lipinski definition) is 3. The standard InChI is InChI=1S/C19H17N3/c1-12-7-17(8-13(2)19(12)21)22-18-10-15-6-4-3-5-14(15)9-16(18)11-20/h3-10,22H,21H2,1-2H3. The van der Waals surface area contributed by atoms with E-state index in [1.165, 1.54) is 0 Å².